The maximum atomic E-state index is 11.9. The number of amides is 2. The van der Waals surface area contributed by atoms with Crippen LogP contribution in [0.4, 0.5) is 0 Å². The second-order valence-electron chi connectivity index (χ2n) is 5.21. The van der Waals surface area contributed by atoms with Crippen LogP contribution in [0, 0.1) is 5.92 Å². The summed E-state index contributed by atoms with van der Waals surface area (Å²) in [6.45, 7) is 2.68. The second-order valence-corrected chi connectivity index (χ2v) is 6.13. The number of benzene rings is 1. The van der Waals surface area contributed by atoms with E-state index >= 15 is 0 Å². The minimum atomic E-state index is -0.245. The number of piperidine rings is 1. The van der Waals surface area contributed by atoms with Crippen LogP contribution in [0.2, 0.25) is 0 Å². The lowest BCUT2D eigenvalue weighted by atomic mass is 10.00. The zero-order valence-corrected chi connectivity index (χ0v) is 13.4. The van der Waals surface area contributed by atoms with Gasteiger partial charge in [-0.3, -0.25) is 9.59 Å². The van der Waals surface area contributed by atoms with Gasteiger partial charge in [0.25, 0.3) is 5.91 Å². The third kappa shape index (κ3) is 5.47. The lowest BCUT2D eigenvalue weighted by Crippen LogP contribution is -2.42. The number of hydrogen-bond acceptors (Lipinski definition) is 3. The fourth-order valence-electron chi connectivity index (χ4n) is 2.31. The summed E-state index contributed by atoms with van der Waals surface area (Å²) in [5.41, 5.74) is 0.536. The Morgan fingerprint density at radius 3 is 2.90 bits per heavy atom. The van der Waals surface area contributed by atoms with Crippen molar-refractivity contribution in [1.29, 1.82) is 0 Å². The molecular formula is C15H20BrN3O2. The predicted molar refractivity (Wildman–Crippen MR) is 85.1 cm³/mol. The Morgan fingerprint density at radius 1 is 1.33 bits per heavy atom. The van der Waals surface area contributed by atoms with E-state index in [-0.39, 0.29) is 18.4 Å². The third-order valence-electron chi connectivity index (χ3n) is 3.48. The molecule has 21 heavy (non-hydrogen) atoms. The molecule has 1 fully saturated rings. The largest absolute Gasteiger partial charge is 0.354 e. The highest BCUT2D eigenvalue weighted by Gasteiger charge is 2.14. The summed E-state index contributed by atoms with van der Waals surface area (Å²) in [5.74, 6) is 0.0955. The van der Waals surface area contributed by atoms with Crippen molar-refractivity contribution in [2.75, 3.05) is 26.2 Å². The van der Waals surface area contributed by atoms with Crippen LogP contribution in [0.5, 0.6) is 0 Å². The molecule has 1 saturated heterocycles. The van der Waals surface area contributed by atoms with E-state index in [1.165, 1.54) is 0 Å². The molecule has 3 N–H and O–H groups in total. The van der Waals surface area contributed by atoms with Crippen molar-refractivity contribution in [3.63, 3.8) is 0 Å². The van der Waals surface area contributed by atoms with Crippen LogP contribution in [0.3, 0.4) is 0 Å². The first-order chi connectivity index (χ1) is 10.1. The molecule has 5 nitrogen and oxygen atoms in total. The smallest absolute Gasteiger partial charge is 0.251 e. The van der Waals surface area contributed by atoms with Crippen molar-refractivity contribution in [2.45, 2.75) is 12.8 Å². The molecule has 114 valence electrons. The molecule has 0 radical (unpaired) electrons. The number of hydrogen-bond donors (Lipinski definition) is 3. The summed E-state index contributed by atoms with van der Waals surface area (Å²) >= 11 is 3.31. The highest BCUT2D eigenvalue weighted by molar-refractivity contribution is 9.10. The van der Waals surface area contributed by atoms with Crippen LogP contribution >= 0.6 is 15.9 Å². The third-order valence-corrected chi connectivity index (χ3v) is 3.98. The van der Waals surface area contributed by atoms with E-state index in [1.54, 1.807) is 18.2 Å². The molecule has 2 rings (SSSR count). The molecule has 6 heteroatoms. The summed E-state index contributed by atoms with van der Waals surface area (Å²) in [7, 11) is 0. The zero-order chi connectivity index (χ0) is 15.1. The van der Waals surface area contributed by atoms with Gasteiger partial charge in [0.2, 0.25) is 5.91 Å². The van der Waals surface area contributed by atoms with E-state index in [0.717, 1.165) is 30.4 Å². The van der Waals surface area contributed by atoms with Crippen LogP contribution in [0.25, 0.3) is 0 Å². The molecular weight excluding hydrogens is 334 g/mol. The molecule has 0 aliphatic carbocycles. The number of halogens is 1. The molecule has 2 amide bonds. The number of rotatable bonds is 5. The van der Waals surface area contributed by atoms with Crippen LogP contribution in [0.15, 0.2) is 28.7 Å². The van der Waals surface area contributed by atoms with Gasteiger partial charge in [-0.15, -0.1) is 0 Å². The van der Waals surface area contributed by atoms with Crippen molar-refractivity contribution < 1.29 is 9.59 Å². The van der Waals surface area contributed by atoms with Crippen molar-refractivity contribution in [3.05, 3.63) is 34.3 Å². The summed E-state index contributed by atoms with van der Waals surface area (Å²) in [6.07, 6.45) is 2.29. The van der Waals surface area contributed by atoms with E-state index in [2.05, 4.69) is 31.9 Å². The van der Waals surface area contributed by atoms with Crippen molar-refractivity contribution in [3.8, 4) is 0 Å². The number of carbonyl (C=O) groups is 2. The van der Waals surface area contributed by atoms with E-state index < -0.39 is 0 Å². The van der Waals surface area contributed by atoms with E-state index in [1.807, 2.05) is 6.07 Å². The van der Waals surface area contributed by atoms with Gasteiger partial charge >= 0.3 is 0 Å². The van der Waals surface area contributed by atoms with Crippen LogP contribution < -0.4 is 16.0 Å². The molecule has 1 aliphatic rings. The van der Waals surface area contributed by atoms with Gasteiger partial charge in [0.05, 0.1) is 6.54 Å². The maximum absolute atomic E-state index is 11.9. The van der Waals surface area contributed by atoms with E-state index in [9.17, 15) is 9.59 Å². The first kappa shape index (κ1) is 16.0. The van der Waals surface area contributed by atoms with Gasteiger partial charge in [0, 0.05) is 16.6 Å². The van der Waals surface area contributed by atoms with Gasteiger partial charge < -0.3 is 16.0 Å². The Labute approximate surface area is 133 Å². The first-order valence-electron chi connectivity index (χ1n) is 7.16. The molecule has 0 saturated carbocycles. The fourth-order valence-corrected chi connectivity index (χ4v) is 2.71. The fraction of sp³-hybridized carbons (Fsp3) is 0.467. The SMILES string of the molecule is O=C(CNC(=O)c1cccc(Br)c1)NCC1CCCNC1. The summed E-state index contributed by atoms with van der Waals surface area (Å²) in [6, 6.07) is 7.07. The quantitative estimate of drug-likeness (QED) is 0.747. The van der Waals surface area contributed by atoms with Gasteiger partial charge in [-0.2, -0.15) is 0 Å². The Balaban J connectivity index is 1.69. The topological polar surface area (TPSA) is 70.2 Å². The monoisotopic (exact) mass is 353 g/mol. The normalized spacial score (nSPS) is 18.0. The predicted octanol–water partition coefficient (Wildman–Crippen LogP) is 1.29. The van der Waals surface area contributed by atoms with Crippen LogP contribution in [0.1, 0.15) is 23.2 Å². The molecule has 1 atom stereocenters. The molecule has 0 aromatic heterocycles. The molecule has 0 bridgehead atoms. The lowest BCUT2D eigenvalue weighted by Gasteiger charge is -2.22. The molecule has 1 heterocycles. The minimum Gasteiger partial charge on any atom is -0.354 e. The highest BCUT2D eigenvalue weighted by Crippen LogP contribution is 2.11. The Bertz CT molecular complexity index is 501. The van der Waals surface area contributed by atoms with Gasteiger partial charge in [-0.25, -0.2) is 0 Å². The number of nitrogens with one attached hydrogen (secondary N) is 3. The minimum absolute atomic E-state index is 0.00545. The van der Waals surface area contributed by atoms with Gasteiger partial charge in [0.1, 0.15) is 0 Å². The Kier molecular flexibility index (Phi) is 6.20. The molecule has 1 unspecified atom stereocenters. The zero-order valence-electron chi connectivity index (χ0n) is 11.8. The summed E-state index contributed by atoms with van der Waals surface area (Å²) in [5, 5.41) is 8.80. The average Bonchev–Trinajstić information content (AvgIpc) is 2.51. The Hall–Kier alpha value is -1.40. The number of carbonyl (C=O) groups excluding carboxylic acids is 2. The van der Waals surface area contributed by atoms with Crippen molar-refractivity contribution >= 4 is 27.7 Å². The average molecular weight is 354 g/mol. The van der Waals surface area contributed by atoms with E-state index in [4.69, 9.17) is 0 Å². The Morgan fingerprint density at radius 2 is 2.19 bits per heavy atom. The summed E-state index contributed by atoms with van der Waals surface area (Å²) in [4.78, 5) is 23.6. The first-order valence-corrected chi connectivity index (χ1v) is 7.95. The van der Waals surface area contributed by atoms with Crippen LogP contribution in [-0.4, -0.2) is 38.0 Å². The van der Waals surface area contributed by atoms with Crippen molar-refractivity contribution in [1.82, 2.24) is 16.0 Å². The molecule has 0 spiro atoms. The lowest BCUT2D eigenvalue weighted by molar-refractivity contribution is -0.120. The van der Waals surface area contributed by atoms with Gasteiger partial charge in [0.15, 0.2) is 0 Å². The van der Waals surface area contributed by atoms with Crippen LogP contribution in [-0.2, 0) is 4.79 Å². The highest BCUT2D eigenvalue weighted by atomic mass is 79.9. The van der Waals surface area contributed by atoms with Crippen molar-refractivity contribution in [2.24, 2.45) is 5.92 Å². The summed E-state index contributed by atoms with van der Waals surface area (Å²) < 4.78 is 0.837. The molecule has 1 aliphatic heterocycles. The molecule has 1 aromatic rings. The van der Waals surface area contributed by atoms with Gasteiger partial charge in [-0.05, 0) is 50.0 Å². The van der Waals surface area contributed by atoms with E-state index in [0.29, 0.717) is 18.0 Å². The second kappa shape index (κ2) is 8.14. The van der Waals surface area contributed by atoms with Gasteiger partial charge in [-0.1, -0.05) is 22.0 Å². The standard InChI is InChI=1S/C15H20BrN3O2/c16-13-5-1-4-12(7-13)15(21)19-10-14(20)18-9-11-3-2-6-17-8-11/h1,4-5,7,11,17H,2-3,6,8-10H2,(H,18,20)(H,19,21). The molecule has 1 aromatic carbocycles. The maximum Gasteiger partial charge on any atom is 0.251 e.